The third kappa shape index (κ3) is 1.91. The molecule has 0 spiro atoms. The van der Waals surface area contributed by atoms with Gasteiger partial charge in [-0.1, -0.05) is 0 Å². The smallest absolute Gasteiger partial charge is 0.260 e. The maximum Gasteiger partial charge on any atom is 0.260 e. The average molecular weight is 278 g/mol. The van der Waals surface area contributed by atoms with Crippen LogP contribution in [0.3, 0.4) is 0 Å². The van der Waals surface area contributed by atoms with Crippen LogP contribution in [-0.4, -0.2) is 42.3 Å². The topological polar surface area (TPSA) is 89.8 Å². The van der Waals surface area contributed by atoms with Crippen molar-refractivity contribution in [3.05, 3.63) is 39.4 Å². The number of carbonyl (C=O) groups is 2. The van der Waals surface area contributed by atoms with E-state index in [1.165, 1.54) is 33.2 Å². The monoisotopic (exact) mass is 278 g/mol. The minimum atomic E-state index is -1.38. The molecule has 1 heterocycles. The van der Waals surface area contributed by atoms with E-state index in [9.17, 15) is 19.7 Å². The third-order valence-corrected chi connectivity index (χ3v) is 3.58. The van der Waals surface area contributed by atoms with Crippen molar-refractivity contribution in [2.24, 2.45) is 0 Å². The van der Waals surface area contributed by atoms with Crippen LogP contribution < -0.4 is 4.74 Å². The zero-order chi connectivity index (χ0) is 15.1. The van der Waals surface area contributed by atoms with E-state index in [1.807, 2.05) is 0 Å². The predicted octanol–water partition coefficient (Wildman–Crippen LogP) is 0.842. The molecule has 1 aromatic rings. The zero-order valence-electron chi connectivity index (χ0n) is 11.4. The highest BCUT2D eigenvalue weighted by molar-refractivity contribution is 6.13. The van der Waals surface area contributed by atoms with E-state index < -0.39 is 28.7 Å². The van der Waals surface area contributed by atoms with E-state index in [0.717, 1.165) is 4.90 Å². The Morgan fingerprint density at radius 3 is 2.60 bits per heavy atom. The van der Waals surface area contributed by atoms with E-state index >= 15 is 0 Å². The van der Waals surface area contributed by atoms with Crippen molar-refractivity contribution in [2.45, 2.75) is 12.3 Å². The molecule has 1 aliphatic heterocycles. The number of amides is 2. The zero-order valence-corrected chi connectivity index (χ0v) is 11.4. The van der Waals surface area contributed by atoms with E-state index in [2.05, 4.69) is 0 Å². The SMILES string of the molecule is COc1ccc2c(c1)C(C)(C[N+](=O)[O-])C(=O)N(C)C2=O. The van der Waals surface area contributed by atoms with Gasteiger partial charge in [-0.15, -0.1) is 0 Å². The normalized spacial score (nSPS) is 21.6. The molecule has 2 amide bonds. The van der Waals surface area contributed by atoms with Gasteiger partial charge >= 0.3 is 0 Å². The van der Waals surface area contributed by atoms with Gasteiger partial charge in [0.15, 0.2) is 0 Å². The van der Waals surface area contributed by atoms with Crippen LogP contribution in [0.15, 0.2) is 18.2 Å². The third-order valence-electron chi connectivity index (χ3n) is 3.58. The Bertz CT molecular complexity index is 613. The van der Waals surface area contributed by atoms with Gasteiger partial charge in [0.05, 0.1) is 7.11 Å². The molecule has 0 saturated carbocycles. The molecule has 0 saturated heterocycles. The molecule has 0 radical (unpaired) electrons. The number of nitro groups is 1. The fraction of sp³-hybridized carbons (Fsp3) is 0.385. The average Bonchev–Trinajstić information content (AvgIpc) is 2.42. The number of benzene rings is 1. The second-order valence-corrected chi connectivity index (χ2v) is 4.90. The van der Waals surface area contributed by atoms with Crippen molar-refractivity contribution >= 4 is 11.8 Å². The highest BCUT2D eigenvalue weighted by atomic mass is 16.6. The number of nitrogens with zero attached hydrogens (tertiary/aromatic N) is 2. The highest BCUT2D eigenvalue weighted by Gasteiger charge is 2.50. The van der Waals surface area contributed by atoms with Crippen LogP contribution in [0, 0.1) is 10.1 Å². The molecule has 0 aromatic heterocycles. The second kappa shape index (κ2) is 4.59. The first kappa shape index (κ1) is 14.0. The van der Waals surface area contributed by atoms with Crippen LogP contribution in [0.2, 0.25) is 0 Å². The summed E-state index contributed by atoms with van der Waals surface area (Å²) < 4.78 is 5.07. The molecule has 0 N–H and O–H groups in total. The molecule has 1 aromatic carbocycles. The molecule has 1 aliphatic rings. The van der Waals surface area contributed by atoms with Crippen LogP contribution >= 0.6 is 0 Å². The number of ether oxygens (including phenoxy) is 1. The van der Waals surface area contributed by atoms with Crippen LogP contribution in [-0.2, 0) is 10.2 Å². The summed E-state index contributed by atoms with van der Waals surface area (Å²) in [7, 11) is 2.78. The second-order valence-electron chi connectivity index (χ2n) is 4.90. The quantitative estimate of drug-likeness (QED) is 0.464. The van der Waals surface area contributed by atoms with Crippen molar-refractivity contribution in [2.75, 3.05) is 20.7 Å². The molecule has 0 aliphatic carbocycles. The van der Waals surface area contributed by atoms with E-state index in [0.29, 0.717) is 11.3 Å². The lowest BCUT2D eigenvalue weighted by Gasteiger charge is -2.35. The molecular formula is C13H14N2O5. The summed E-state index contributed by atoms with van der Waals surface area (Å²) in [6, 6.07) is 4.63. The van der Waals surface area contributed by atoms with Gasteiger partial charge in [0.1, 0.15) is 11.2 Å². The van der Waals surface area contributed by atoms with Gasteiger partial charge in [0.2, 0.25) is 12.5 Å². The van der Waals surface area contributed by atoms with Crippen LogP contribution in [0.4, 0.5) is 0 Å². The van der Waals surface area contributed by atoms with E-state index in [-0.39, 0.29) is 5.56 Å². The van der Waals surface area contributed by atoms with Crippen molar-refractivity contribution in [1.82, 2.24) is 4.90 Å². The Hall–Kier alpha value is -2.44. The van der Waals surface area contributed by atoms with Gasteiger partial charge in [0, 0.05) is 17.5 Å². The van der Waals surface area contributed by atoms with Gasteiger partial charge < -0.3 is 4.74 Å². The maximum atomic E-state index is 12.3. The Kier molecular flexibility index (Phi) is 3.21. The van der Waals surface area contributed by atoms with E-state index in [1.54, 1.807) is 6.07 Å². The molecule has 0 bridgehead atoms. The van der Waals surface area contributed by atoms with Crippen LogP contribution in [0.1, 0.15) is 22.8 Å². The van der Waals surface area contributed by atoms with Crippen LogP contribution in [0.25, 0.3) is 0 Å². The first-order valence-electron chi connectivity index (χ1n) is 5.94. The first-order valence-corrected chi connectivity index (χ1v) is 5.94. The Morgan fingerprint density at radius 1 is 1.40 bits per heavy atom. The van der Waals surface area contributed by atoms with Crippen molar-refractivity contribution in [3.8, 4) is 5.75 Å². The summed E-state index contributed by atoms with van der Waals surface area (Å²) in [4.78, 5) is 35.7. The molecule has 1 unspecified atom stereocenters. The van der Waals surface area contributed by atoms with E-state index in [4.69, 9.17) is 4.74 Å². The summed E-state index contributed by atoms with van der Waals surface area (Å²) in [5.74, 6) is -0.600. The molecular weight excluding hydrogens is 264 g/mol. The number of carbonyl (C=O) groups excluding carboxylic acids is 2. The number of fused-ring (bicyclic) bond motifs is 1. The lowest BCUT2D eigenvalue weighted by Crippen LogP contribution is -2.54. The number of methoxy groups -OCH3 is 1. The van der Waals surface area contributed by atoms with Crippen molar-refractivity contribution in [3.63, 3.8) is 0 Å². The Labute approximate surface area is 115 Å². The number of hydrogen-bond donors (Lipinski definition) is 0. The van der Waals surface area contributed by atoms with Crippen molar-refractivity contribution < 1.29 is 19.2 Å². The highest BCUT2D eigenvalue weighted by Crippen LogP contribution is 2.36. The first-order chi connectivity index (χ1) is 9.31. The van der Waals surface area contributed by atoms with Gasteiger partial charge in [-0.05, 0) is 30.7 Å². The number of hydrogen-bond acceptors (Lipinski definition) is 5. The number of rotatable bonds is 3. The van der Waals surface area contributed by atoms with Crippen molar-refractivity contribution in [1.29, 1.82) is 0 Å². The summed E-state index contributed by atoms with van der Waals surface area (Å²) in [6.07, 6.45) is 0. The predicted molar refractivity (Wildman–Crippen MR) is 69.3 cm³/mol. The fourth-order valence-corrected chi connectivity index (χ4v) is 2.46. The van der Waals surface area contributed by atoms with Gasteiger partial charge in [0.25, 0.3) is 5.91 Å². The summed E-state index contributed by atoms with van der Waals surface area (Å²) in [5, 5.41) is 10.9. The van der Waals surface area contributed by atoms with Gasteiger partial charge in [-0.25, -0.2) is 0 Å². The summed E-state index contributed by atoms with van der Waals surface area (Å²) in [5.41, 5.74) is -0.755. The number of likely N-dealkylation sites (N-methyl/N-ethyl adjacent to an activating group) is 1. The lowest BCUT2D eigenvalue weighted by atomic mass is 9.75. The molecule has 1 atom stereocenters. The molecule has 7 heteroatoms. The number of imide groups is 1. The molecule has 0 fully saturated rings. The Morgan fingerprint density at radius 2 is 2.05 bits per heavy atom. The Balaban J connectivity index is 2.69. The fourth-order valence-electron chi connectivity index (χ4n) is 2.46. The lowest BCUT2D eigenvalue weighted by molar-refractivity contribution is -0.487. The van der Waals surface area contributed by atoms with Gasteiger partial charge in [-0.2, -0.15) is 0 Å². The molecule has 7 nitrogen and oxygen atoms in total. The van der Waals surface area contributed by atoms with Crippen LogP contribution in [0.5, 0.6) is 5.75 Å². The molecule has 20 heavy (non-hydrogen) atoms. The minimum Gasteiger partial charge on any atom is -0.497 e. The largest absolute Gasteiger partial charge is 0.497 e. The summed E-state index contributed by atoms with van der Waals surface area (Å²) >= 11 is 0. The maximum absolute atomic E-state index is 12.3. The van der Waals surface area contributed by atoms with Gasteiger partial charge in [-0.3, -0.25) is 24.6 Å². The molecule has 106 valence electrons. The standard InChI is InChI=1S/C13H14N2O5/c1-13(7-15(18)19)10-6-8(20-3)4-5-9(10)11(16)14(2)12(13)17/h4-6H,7H2,1-3H3. The molecule has 2 rings (SSSR count). The summed E-state index contributed by atoms with van der Waals surface area (Å²) in [6.45, 7) is 0.892. The minimum absolute atomic E-state index is 0.289.